The van der Waals surface area contributed by atoms with E-state index < -0.39 is 28.5 Å². The number of hydrogen-bond donors (Lipinski definition) is 3. The van der Waals surface area contributed by atoms with Crippen LogP contribution in [-0.2, 0) is 4.79 Å². The molecule has 0 amide bonds. The number of aliphatic hydroxyl groups is 1. The molecule has 1 aliphatic rings. The van der Waals surface area contributed by atoms with Gasteiger partial charge in [0.1, 0.15) is 17.3 Å². The Kier molecular flexibility index (Phi) is 4.88. The van der Waals surface area contributed by atoms with Gasteiger partial charge in [-0.1, -0.05) is 24.6 Å². The molecule has 0 saturated carbocycles. The Morgan fingerprint density at radius 1 is 1.16 bits per heavy atom. The molecular weight excluding hydrogens is 320 g/mol. The summed E-state index contributed by atoms with van der Waals surface area (Å²) in [4.78, 5) is 25.1. The number of carbonyl (C=O) groups excluding carboxylic acids is 2. The Morgan fingerprint density at radius 3 is 2.36 bits per heavy atom. The quantitative estimate of drug-likeness (QED) is 0.554. The molecule has 5 nitrogen and oxygen atoms in total. The normalized spacial score (nSPS) is 16.3. The topological polar surface area (TPSA) is 94.8 Å². The molecule has 3 N–H and O–H groups in total. The molecule has 1 unspecified atom stereocenters. The van der Waals surface area contributed by atoms with Crippen LogP contribution in [0.2, 0.25) is 0 Å². The largest absolute Gasteiger partial charge is 0.508 e. The summed E-state index contributed by atoms with van der Waals surface area (Å²) in [6.45, 7) is 9.39. The van der Waals surface area contributed by atoms with Crippen molar-refractivity contribution in [1.82, 2.24) is 0 Å². The Balaban J connectivity index is 2.65. The molecule has 0 heterocycles. The molecule has 0 aromatic heterocycles. The number of rotatable bonds is 5. The summed E-state index contributed by atoms with van der Waals surface area (Å²) < 4.78 is 0. The summed E-state index contributed by atoms with van der Waals surface area (Å²) in [6.07, 6.45) is 4.63. The Labute approximate surface area is 146 Å². The van der Waals surface area contributed by atoms with E-state index in [1.165, 1.54) is 6.08 Å². The van der Waals surface area contributed by atoms with E-state index in [0.29, 0.717) is 12.8 Å². The molecular formula is C20H22O5. The molecule has 0 radical (unpaired) electrons. The van der Waals surface area contributed by atoms with E-state index in [1.54, 1.807) is 6.92 Å². The van der Waals surface area contributed by atoms with Gasteiger partial charge < -0.3 is 15.3 Å². The van der Waals surface area contributed by atoms with Gasteiger partial charge in [-0.05, 0) is 32.8 Å². The van der Waals surface area contributed by atoms with E-state index >= 15 is 0 Å². The van der Waals surface area contributed by atoms with Gasteiger partial charge in [0.2, 0.25) is 11.6 Å². The van der Waals surface area contributed by atoms with E-state index in [0.717, 1.165) is 17.7 Å². The first-order valence-electron chi connectivity index (χ1n) is 7.98. The minimum atomic E-state index is -0.940. The van der Waals surface area contributed by atoms with Crippen molar-refractivity contribution in [2.24, 2.45) is 5.41 Å². The second-order valence-electron chi connectivity index (χ2n) is 6.71. The zero-order chi connectivity index (χ0) is 18.9. The Bertz CT molecular complexity index is 825. The third kappa shape index (κ3) is 3.22. The zero-order valence-electron chi connectivity index (χ0n) is 14.6. The summed E-state index contributed by atoms with van der Waals surface area (Å²) in [5.74, 6) is -2.99. The highest BCUT2D eigenvalue weighted by molar-refractivity contribution is 6.52. The number of benzene rings is 1. The molecule has 0 spiro atoms. The van der Waals surface area contributed by atoms with Crippen LogP contribution in [0.3, 0.4) is 0 Å². The van der Waals surface area contributed by atoms with Gasteiger partial charge in [-0.25, -0.2) is 0 Å². The highest BCUT2D eigenvalue weighted by Gasteiger charge is 2.42. The minimum absolute atomic E-state index is 0.0804. The smallest absolute Gasteiger partial charge is 0.234 e. The van der Waals surface area contributed by atoms with Gasteiger partial charge in [0.15, 0.2) is 0 Å². The van der Waals surface area contributed by atoms with E-state index in [9.17, 15) is 24.9 Å². The van der Waals surface area contributed by atoms with Gasteiger partial charge >= 0.3 is 0 Å². The van der Waals surface area contributed by atoms with Crippen molar-refractivity contribution >= 4 is 17.3 Å². The average molecular weight is 342 g/mol. The maximum absolute atomic E-state index is 12.6. The van der Waals surface area contributed by atoms with E-state index in [1.807, 2.05) is 19.9 Å². The number of aliphatic hydroxyl groups excluding tert-OH is 1. The zero-order valence-corrected chi connectivity index (χ0v) is 14.6. The lowest BCUT2D eigenvalue weighted by Gasteiger charge is -2.31. The summed E-state index contributed by atoms with van der Waals surface area (Å²) in [5.41, 5.74) is -0.241. The minimum Gasteiger partial charge on any atom is -0.508 e. The van der Waals surface area contributed by atoms with Crippen molar-refractivity contribution < 1.29 is 24.9 Å². The molecule has 0 saturated heterocycles. The SMILES string of the molecule is C=CC(C)(CCC=C(C)C)C1=C(O)c2c(O)cc(O)cc2C(=O)C1=O. The van der Waals surface area contributed by atoms with Crippen LogP contribution in [0.15, 0.2) is 42.0 Å². The lowest BCUT2D eigenvalue weighted by molar-refractivity contribution is -0.112. The van der Waals surface area contributed by atoms with Crippen LogP contribution in [0.4, 0.5) is 0 Å². The molecule has 132 valence electrons. The Hall–Kier alpha value is -2.82. The van der Waals surface area contributed by atoms with Gasteiger partial charge in [0.25, 0.3) is 0 Å². The molecule has 25 heavy (non-hydrogen) atoms. The molecule has 0 fully saturated rings. The number of ketones is 2. The summed E-state index contributed by atoms with van der Waals surface area (Å²) in [7, 11) is 0. The summed E-state index contributed by atoms with van der Waals surface area (Å²) in [5, 5.41) is 30.3. The van der Waals surface area contributed by atoms with Crippen molar-refractivity contribution in [3.63, 3.8) is 0 Å². The molecule has 1 atom stereocenters. The molecule has 1 aromatic carbocycles. The summed E-state index contributed by atoms with van der Waals surface area (Å²) >= 11 is 0. The van der Waals surface area contributed by atoms with Gasteiger partial charge in [0.05, 0.1) is 11.1 Å². The second-order valence-corrected chi connectivity index (χ2v) is 6.71. The van der Waals surface area contributed by atoms with Crippen LogP contribution in [0, 0.1) is 5.41 Å². The van der Waals surface area contributed by atoms with E-state index in [2.05, 4.69) is 6.58 Å². The van der Waals surface area contributed by atoms with Crippen LogP contribution >= 0.6 is 0 Å². The highest BCUT2D eigenvalue weighted by atomic mass is 16.3. The first-order valence-corrected chi connectivity index (χ1v) is 7.98. The van der Waals surface area contributed by atoms with Gasteiger partial charge in [0, 0.05) is 17.0 Å². The number of phenols is 2. The molecule has 1 aliphatic carbocycles. The molecule has 2 rings (SSSR count). The number of allylic oxidation sites excluding steroid dienone is 4. The first kappa shape index (κ1) is 18.5. The summed E-state index contributed by atoms with van der Waals surface area (Å²) in [6, 6.07) is 2.08. The Morgan fingerprint density at radius 2 is 1.80 bits per heavy atom. The number of Topliss-reactive ketones (excluding diaryl/α,β-unsaturated/α-hetero) is 2. The lowest BCUT2D eigenvalue weighted by atomic mass is 9.71. The fourth-order valence-corrected chi connectivity index (χ4v) is 3.03. The lowest BCUT2D eigenvalue weighted by Crippen LogP contribution is -2.32. The van der Waals surface area contributed by atoms with Crippen LogP contribution in [0.25, 0.3) is 5.76 Å². The fourth-order valence-electron chi connectivity index (χ4n) is 3.03. The molecule has 1 aromatic rings. The maximum atomic E-state index is 12.6. The number of phenolic OH excluding ortho intramolecular Hbond substituents is 2. The van der Waals surface area contributed by atoms with Crippen molar-refractivity contribution in [2.75, 3.05) is 0 Å². The van der Waals surface area contributed by atoms with Gasteiger partial charge in [-0.15, -0.1) is 6.58 Å². The van der Waals surface area contributed by atoms with Crippen LogP contribution in [0.1, 0.15) is 49.5 Å². The van der Waals surface area contributed by atoms with Gasteiger partial charge in [-0.3, -0.25) is 9.59 Å². The molecule has 0 bridgehead atoms. The molecule has 5 heteroatoms. The van der Waals surface area contributed by atoms with Crippen molar-refractivity contribution in [3.05, 3.63) is 53.1 Å². The van der Waals surface area contributed by atoms with Crippen LogP contribution in [0.5, 0.6) is 11.5 Å². The maximum Gasteiger partial charge on any atom is 0.234 e. The van der Waals surface area contributed by atoms with Crippen molar-refractivity contribution in [1.29, 1.82) is 0 Å². The number of hydrogen-bond acceptors (Lipinski definition) is 5. The second kappa shape index (κ2) is 6.59. The predicted octanol–water partition coefficient (Wildman–Crippen LogP) is 4.07. The number of fused-ring (bicyclic) bond motifs is 1. The third-order valence-corrected chi connectivity index (χ3v) is 4.49. The highest BCUT2D eigenvalue weighted by Crippen LogP contribution is 2.45. The van der Waals surface area contributed by atoms with Crippen LogP contribution in [-0.4, -0.2) is 26.9 Å². The van der Waals surface area contributed by atoms with Crippen LogP contribution < -0.4 is 0 Å². The number of carbonyl (C=O) groups is 2. The fraction of sp³-hybridized carbons (Fsp3) is 0.300. The van der Waals surface area contributed by atoms with Crippen molar-refractivity contribution in [3.8, 4) is 11.5 Å². The predicted molar refractivity (Wildman–Crippen MR) is 95.6 cm³/mol. The van der Waals surface area contributed by atoms with E-state index in [4.69, 9.17) is 0 Å². The molecule has 0 aliphatic heterocycles. The number of aromatic hydroxyl groups is 2. The standard InChI is InChI=1S/C20H22O5/c1-5-20(4,8-6-7-11(2)3)16-18(24)15-13(17(23)19(16)25)9-12(21)10-14(15)22/h5,7,9-10,21-22,24H,1,6,8H2,2-4H3. The van der Waals surface area contributed by atoms with Crippen molar-refractivity contribution in [2.45, 2.75) is 33.6 Å². The average Bonchev–Trinajstić information content (AvgIpc) is 2.51. The third-order valence-electron chi connectivity index (χ3n) is 4.49. The monoisotopic (exact) mass is 342 g/mol. The van der Waals surface area contributed by atoms with Gasteiger partial charge in [-0.2, -0.15) is 0 Å². The van der Waals surface area contributed by atoms with E-state index in [-0.39, 0.29) is 22.4 Å². The first-order chi connectivity index (χ1) is 11.6.